The van der Waals surface area contributed by atoms with E-state index >= 15 is 0 Å². The number of aromatic nitrogens is 1. The summed E-state index contributed by atoms with van der Waals surface area (Å²) in [5, 5.41) is 26.1. The average molecular weight is 533 g/mol. The highest BCUT2D eigenvalue weighted by Gasteiger charge is 2.26. The highest BCUT2D eigenvalue weighted by Crippen LogP contribution is 2.23. The molecule has 10 heteroatoms. The molecule has 1 aliphatic heterocycles. The summed E-state index contributed by atoms with van der Waals surface area (Å²) in [5.41, 5.74) is 2.58. The fourth-order valence-corrected chi connectivity index (χ4v) is 4.60. The smallest absolute Gasteiger partial charge is 0.326 e. The van der Waals surface area contributed by atoms with Crippen molar-refractivity contribution in [2.75, 3.05) is 45.2 Å². The van der Waals surface area contributed by atoms with Crippen molar-refractivity contribution in [3.8, 4) is 0 Å². The number of pyridine rings is 1. The number of methoxy groups -OCH3 is 1. The van der Waals surface area contributed by atoms with Crippen LogP contribution in [0.25, 0.3) is 0 Å². The van der Waals surface area contributed by atoms with Gasteiger partial charge in [-0.15, -0.1) is 0 Å². The first-order chi connectivity index (χ1) is 17.9. The van der Waals surface area contributed by atoms with E-state index in [9.17, 15) is 19.8 Å². The molecule has 1 amide bonds. The largest absolute Gasteiger partial charge is 0.480 e. The quantitative estimate of drug-likeness (QED) is 0.258. The van der Waals surface area contributed by atoms with Crippen molar-refractivity contribution in [1.82, 2.24) is 15.2 Å². The molecule has 0 radical (unpaired) electrons. The Labute approximate surface area is 223 Å². The molecule has 9 nitrogen and oxygen atoms in total. The Morgan fingerprint density at radius 2 is 2.00 bits per heavy atom. The van der Waals surface area contributed by atoms with Gasteiger partial charge in [0.15, 0.2) is 6.10 Å². The zero-order valence-corrected chi connectivity index (χ0v) is 22.0. The molecule has 0 saturated heterocycles. The number of halogens is 1. The third-order valence-corrected chi connectivity index (χ3v) is 6.86. The van der Waals surface area contributed by atoms with Gasteiger partial charge in [0, 0.05) is 43.0 Å². The molecule has 37 heavy (non-hydrogen) atoms. The van der Waals surface area contributed by atoms with Gasteiger partial charge in [0.05, 0.1) is 6.61 Å². The van der Waals surface area contributed by atoms with Crippen molar-refractivity contribution < 1.29 is 24.5 Å². The van der Waals surface area contributed by atoms with E-state index < -0.39 is 24.0 Å². The van der Waals surface area contributed by atoms with Crippen LogP contribution in [0.4, 0.5) is 5.82 Å². The number of carboxylic acid groups (broad SMARTS) is 1. The molecule has 0 fully saturated rings. The SMILES string of the molecule is COCCN(CCCCc1ccc2c(n1)NCCC2)CC[C@H](NC(=O)[C@H](O)c1ccccc1Cl)C(=O)O. The number of benzene rings is 1. The highest BCUT2D eigenvalue weighted by molar-refractivity contribution is 6.31. The number of aliphatic hydroxyl groups excluding tert-OH is 1. The summed E-state index contributed by atoms with van der Waals surface area (Å²) in [6.45, 7) is 3.38. The number of aryl methyl sites for hydroxylation is 2. The maximum Gasteiger partial charge on any atom is 0.326 e. The fraction of sp³-hybridized carbons (Fsp3) is 0.519. The van der Waals surface area contributed by atoms with Gasteiger partial charge in [0.25, 0.3) is 5.91 Å². The summed E-state index contributed by atoms with van der Waals surface area (Å²) in [7, 11) is 1.63. The Bertz CT molecular complexity index is 1040. The number of ether oxygens (including phenoxy) is 1. The zero-order valence-electron chi connectivity index (χ0n) is 21.3. The van der Waals surface area contributed by atoms with Gasteiger partial charge in [-0.3, -0.25) is 4.79 Å². The topological polar surface area (TPSA) is 124 Å². The number of carbonyl (C=O) groups is 2. The molecule has 1 aromatic heterocycles. The van der Waals surface area contributed by atoms with Crippen molar-refractivity contribution >= 4 is 29.3 Å². The lowest BCUT2D eigenvalue weighted by molar-refractivity contribution is -0.143. The number of nitrogens with one attached hydrogen (secondary N) is 2. The Kier molecular flexibility index (Phi) is 11.6. The molecular weight excluding hydrogens is 496 g/mol. The van der Waals surface area contributed by atoms with Gasteiger partial charge < -0.3 is 30.5 Å². The van der Waals surface area contributed by atoms with Crippen molar-refractivity contribution in [1.29, 1.82) is 0 Å². The lowest BCUT2D eigenvalue weighted by atomic mass is 10.1. The number of hydrogen-bond acceptors (Lipinski definition) is 7. The fourth-order valence-electron chi connectivity index (χ4n) is 4.36. The normalized spacial score (nSPS) is 14.5. The Hall–Kier alpha value is -2.72. The van der Waals surface area contributed by atoms with Crippen LogP contribution in [-0.4, -0.2) is 77.9 Å². The number of rotatable bonds is 15. The molecule has 1 aromatic carbocycles. The summed E-state index contributed by atoms with van der Waals surface area (Å²) in [5.74, 6) is -0.943. The Morgan fingerprint density at radius 1 is 1.19 bits per heavy atom. The van der Waals surface area contributed by atoms with Crippen LogP contribution in [0.5, 0.6) is 0 Å². The van der Waals surface area contributed by atoms with E-state index in [4.69, 9.17) is 21.3 Å². The number of nitrogens with zero attached hydrogens (tertiary/aromatic N) is 2. The van der Waals surface area contributed by atoms with Crippen LogP contribution in [0.2, 0.25) is 5.02 Å². The predicted octanol–water partition coefficient (Wildman–Crippen LogP) is 3.06. The minimum absolute atomic E-state index is 0.193. The van der Waals surface area contributed by atoms with Crippen LogP contribution < -0.4 is 10.6 Å². The monoisotopic (exact) mass is 532 g/mol. The maximum atomic E-state index is 12.5. The van der Waals surface area contributed by atoms with E-state index in [1.54, 1.807) is 25.3 Å². The number of unbranched alkanes of at least 4 members (excludes halogenated alkanes) is 1. The number of hydrogen-bond donors (Lipinski definition) is 4. The third-order valence-electron chi connectivity index (χ3n) is 6.52. The van der Waals surface area contributed by atoms with Gasteiger partial charge in [-0.25, -0.2) is 9.78 Å². The lowest BCUT2D eigenvalue weighted by Crippen LogP contribution is -2.45. The summed E-state index contributed by atoms with van der Waals surface area (Å²) in [6, 6.07) is 9.56. The van der Waals surface area contributed by atoms with Crippen LogP contribution in [0, 0.1) is 0 Å². The first-order valence-electron chi connectivity index (χ1n) is 12.8. The van der Waals surface area contributed by atoms with E-state index in [1.807, 2.05) is 0 Å². The third kappa shape index (κ3) is 8.96. The molecule has 0 unspecified atom stereocenters. The molecule has 1 aliphatic rings. The molecule has 3 rings (SSSR count). The van der Waals surface area contributed by atoms with E-state index in [0.29, 0.717) is 19.7 Å². The zero-order chi connectivity index (χ0) is 26.6. The maximum absolute atomic E-state index is 12.5. The van der Waals surface area contributed by atoms with Gasteiger partial charge >= 0.3 is 5.97 Å². The first kappa shape index (κ1) is 28.8. The molecule has 2 heterocycles. The molecule has 0 bridgehead atoms. The van der Waals surface area contributed by atoms with E-state index in [-0.39, 0.29) is 17.0 Å². The molecule has 4 N–H and O–H groups in total. The second-order valence-electron chi connectivity index (χ2n) is 9.24. The van der Waals surface area contributed by atoms with Crippen LogP contribution in [0.3, 0.4) is 0 Å². The molecule has 0 saturated carbocycles. The van der Waals surface area contributed by atoms with Crippen LogP contribution in [0.15, 0.2) is 36.4 Å². The van der Waals surface area contributed by atoms with Crippen molar-refractivity contribution in [2.45, 2.75) is 50.7 Å². The minimum atomic E-state index is -1.55. The molecule has 2 aromatic rings. The minimum Gasteiger partial charge on any atom is -0.480 e. The van der Waals surface area contributed by atoms with E-state index in [0.717, 1.165) is 56.7 Å². The number of fused-ring (bicyclic) bond motifs is 1. The number of aliphatic carboxylic acids is 1. The first-order valence-corrected chi connectivity index (χ1v) is 13.2. The van der Waals surface area contributed by atoms with Crippen LogP contribution in [0.1, 0.15) is 48.6 Å². The molecule has 0 spiro atoms. The van der Waals surface area contributed by atoms with Crippen LogP contribution in [-0.2, 0) is 27.2 Å². The Balaban J connectivity index is 1.48. The number of carboxylic acids is 1. The molecule has 0 aliphatic carbocycles. The van der Waals surface area contributed by atoms with Crippen molar-refractivity contribution in [3.05, 3.63) is 58.2 Å². The van der Waals surface area contributed by atoms with Crippen molar-refractivity contribution in [3.63, 3.8) is 0 Å². The van der Waals surface area contributed by atoms with E-state index in [1.165, 1.54) is 11.6 Å². The van der Waals surface area contributed by atoms with E-state index in [2.05, 4.69) is 27.7 Å². The summed E-state index contributed by atoms with van der Waals surface area (Å²) >= 11 is 6.06. The summed E-state index contributed by atoms with van der Waals surface area (Å²) < 4.78 is 5.22. The number of anilines is 1. The second-order valence-corrected chi connectivity index (χ2v) is 9.65. The molecular formula is C27H37ClN4O5. The summed E-state index contributed by atoms with van der Waals surface area (Å²) in [6.07, 6.45) is 3.61. The van der Waals surface area contributed by atoms with Gasteiger partial charge in [0.2, 0.25) is 0 Å². The number of carbonyl (C=O) groups excluding carboxylic acids is 1. The second kappa shape index (κ2) is 14.9. The lowest BCUT2D eigenvalue weighted by Gasteiger charge is -2.24. The molecule has 2 atom stereocenters. The summed E-state index contributed by atoms with van der Waals surface area (Å²) in [4.78, 5) is 31.3. The highest BCUT2D eigenvalue weighted by atomic mass is 35.5. The van der Waals surface area contributed by atoms with Gasteiger partial charge in [0.1, 0.15) is 11.9 Å². The Morgan fingerprint density at radius 3 is 2.76 bits per heavy atom. The number of aliphatic hydroxyl groups is 1. The van der Waals surface area contributed by atoms with Crippen LogP contribution >= 0.6 is 11.6 Å². The molecule has 202 valence electrons. The van der Waals surface area contributed by atoms with Crippen molar-refractivity contribution in [2.24, 2.45) is 0 Å². The van der Waals surface area contributed by atoms with Gasteiger partial charge in [-0.1, -0.05) is 35.9 Å². The average Bonchev–Trinajstić information content (AvgIpc) is 2.90. The standard InChI is InChI=1S/C27H37ClN4O5/c1-37-18-17-32(15-5-4-8-20-12-11-19-7-6-14-29-25(19)30-20)16-13-23(27(35)36)31-26(34)24(33)21-9-2-3-10-22(21)28/h2-3,9-12,23-24,33H,4-8,13-18H2,1H3,(H,29,30)(H,31,34)(H,35,36)/t23-,24+/m0/s1. The van der Waals surface area contributed by atoms with Gasteiger partial charge in [-0.05, 0) is 62.8 Å². The predicted molar refractivity (Wildman–Crippen MR) is 143 cm³/mol. The van der Waals surface area contributed by atoms with Gasteiger partial charge in [-0.2, -0.15) is 0 Å². The number of amides is 1.